The Morgan fingerprint density at radius 2 is 2.04 bits per heavy atom. The van der Waals surface area contributed by atoms with Gasteiger partial charge in [-0.1, -0.05) is 6.07 Å². The standard InChI is InChI=1S/C18H20F2N4/c19-14-4-3-13(16(20)9-14)10-24-8-6-15(11-24)22-17-5-7-21-18(23-17)12-1-2-12/h3-5,7,9,12,15H,1-2,6,8,10-11H2,(H,21,22,23). The molecule has 1 saturated heterocycles. The van der Waals surface area contributed by atoms with E-state index in [-0.39, 0.29) is 6.04 Å². The molecule has 1 saturated carbocycles. The minimum Gasteiger partial charge on any atom is -0.366 e. The zero-order chi connectivity index (χ0) is 16.5. The Labute approximate surface area is 139 Å². The van der Waals surface area contributed by atoms with Crippen LogP contribution in [0.4, 0.5) is 14.6 Å². The molecule has 0 spiro atoms. The summed E-state index contributed by atoms with van der Waals surface area (Å²) in [7, 11) is 0. The SMILES string of the molecule is Fc1ccc(CN2CCC(Nc3ccnc(C4CC4)n3)C2)c(F)c1. The molecule has 24 heavy (non-hydrogen) atoms. The second-order valence-electron chi connectivity index (χ2n) is 6.68. The van der Waals surface area contributed by atoms with Gasteiger partial charge >= 0.3 is 0 Å². The number of benzene rings is 1. The first-order chi connectivity index (χ1) is 11.7. The molecule has 6 heteroatoms. The summed E-state index contributed by atoms with van der Waals surface area (Å²) in [6.45, 7) is 2.20. The van der Waals surface area contributed by atoms with E-state index in [9.17, 15) is 8.78 Å². The summed E-state index contributed by atoms with van der Waals surface area (Å²) >= 11 is 0. The van der Waals surface area contributed by atoms with E-state index in [1.807, 2.05) is 12.3 Å². The monoisotopic (exact) mass is 330 g/mol. The van der Waals surface area contributed by atoms with Gasteiger partial charge in [-0.2, -0.15) is 0 Å². The highest BCUT2D eigenvalue weighted by molar-refractivity contribution is 5.35. The van der Waals surface area contributed by atoms with Gasteiger partial charge in [0.05, 0.1) is 0 Å². The van der Waals surface area contributed by atoms with Crippen LogP contribution in [0.1, 0.15) is 36.6 Å². The molecule has 0 bridgehead atoms. The summed E-state index contributed by atoms with van der Waals surface area (Å²) in [4.78, 5) is 11.1. The van der Waals surface area contributed by atoms with Gasteiger partial charge < -0.3 is 5.32 Å². The molecule has 4 rings (SSSR count). The van der Waals surface area contributed by atoms with Gasteiger partial charge in [0.15, 0.2) is 0 Å². The van der Waals surface area contributed by atoms with Crippen LogP contribution in [0.5, 0.6) is 0 Å². The second-order valence-corrected chi connectivity index (χ2v) is 6.68. The lowest BCUT2D eigenvalue weighted by atomic mass is 10.2. The molecule has 1 aromatic heterocycles. The van der Waals surface area contributed by atoms with Gasteiger partial charge in [-0.05, 0) is 31.4 Å². The predicted octanol–water partition coefficient (Wildman–Crippen LogP) is 3.32. The van der Waals surface area contributed by atoms with Crippen molar-refractivity contribution in [3.8, 4) is 0 Å². The van der Waals surface area contributed by atoms with Gasteiger partial charge in [0.2, 0.25) is 0 Å². The second kappa shape index (κ2) is 6.43. The van der Waals surface area contributed by atoms with Gasteiger partial charge in [0, 0.05) is 49.4 Å². The lowest BCUT2D eigenvalue weighted by Gasteiger charge is -2.17. The summed E-state index contributed by atoms with van der Waals surface area (Å²) < 4.78 is 26.8. The van der Waals surface area contributed by atoms with Crippen molar-refractivity contribution in [2.45, 2.75) is 37.8 Å². The van der Waals surface area contributed by atoms with E-state index in [4.69, 9.17) is 0 Å². The van der Waals surface area contributed by atoms with E-state index < -0.39 is 11.6 Å². The minimum atomic E-state index is -0.535. The van der Waals surface area contributed by atoms with Crippen molar-refractivity contribution in [1.29, 1.82) is 0 Å². The van der Waals surface area contributed by atoms with Crippen LogP contribution in [0.2, 0.25) is 0 Å². The molecule has 2 fully saturated rings. The Hall–Kier alpha value is -2.08. The molecule has 2 aromatic rings. The highest BCUT2D eigenvalue weighted by Gasteiger charge is 2.27. The van der Waals surface area contributed by atoms with Gasteiger partial charge in [-0.3, -0.25) is 4.90 Å². The average molecular weight is 330 g/mol. The number of nitrogens with one attached hydrogen (secondary N) is 1. The van der Waals surface area contributed by atoms with Crippen LogP contribution in [0, 0.1) is 11.6 Å². The van der Waals surface area contributed by atoms with Crippen LogP contribution in [0.25, 0.3) is 0 Å². The van der Waals surface area contributed by atoms with Gasteiger partial charge in [-0.25, -0.2) is 18.7 Å². The van der Waals surface area contributed by atoms with Crippen molar-refractivity contribution < 1.29 is 8.78 Å². The maximum absolute atomic E-state index is 13.8. The average Bonchev–Trinajstić information content (AvgIpc) is 3.33. The highest BCUT2D eigenvalue weighted by Crippen LogP contribution is 2.38. The minimum absolute atomic E-state index is 0.287. The molecule has 1 aliphatic carbocycles. The topological polar surface area (TPSA) is 41.0 Å². The molecule has 0 radical (unpaired) electrons. The number of nitrogens with zero attached hydrogens (tertiary/aromatic N) is 3. The summed E-state index contributed by atoms with van der Waals surface area (Å²) in [6, 6.07) is 5.97. The van der Waals surface area contributed by atoms with Crippen LogP contribution < -0.4 is 5.32 Å². The number of rotatable bonds is 5. The quantitative estimate of drug-likeness (QED) is 0.913. The van der Waals surface area contributed by atoms with Crippen molar-refractivity contribution >= 4 is 5.82 Å². The summed E-state index contributed by atoms with van der Waals surface area (Å²) in [5, 5.41) is 3.46. The van der Waals surface area contributed by atoms with Crippen molar-refractivity contribution in [3.05, 3.63) is 53.5 Å². The Kier molecular flexibility index (Phi) is 4.14. The molecule has 2 aliphatic rings. The maximum Gasteiger partial charge on any atom is 0.133 e. The number of hydrogen-bond acceptors (Lipinski definition) is 4. The molecule has 0 amide bonds. The summed E-state index contributed by atoms with van der Waals surface area (Å²) in [5.41, 5.74) is 0.537. The Balaban J connectivity index is 1.35. The lowest BCUT2D eigenvalue weighted by Crippen LogP contribution is -2.26. The molecule has 1 atom stereocenters. The molecule has 126 valence electrons. The van der Waals surface area contributed by atoms with E-state index >= 15 is 0 Å². The van der Waals surface area contributed by atoms with Crippen molar-refractivity contribution in [3.63, 3.8) is 0 Å². The first kappa shape index (κ1) is 15.4. The molecular formula is C18H20F2N4. The molecule has 1 N–H and O–H groups in total. The van der Waals surface area contributed by atoms with Crippen LogP contribution in [-0.4, -0.2) is 34.0 Å². The largest absolute Gasteiger partial charge is 0.366 e. The molecule has 1 aliphatic heterocycles. The number of halogens is 2. The van der Waals surface area contributed by atoms with Crippen LogP contribution >= 0.6 is 0 Å². The normalized spacial score (nSPS) is 21.2. The Morgan fingerprint density at radius 1 is 1.17 bits per heavy atom. The first-order valence-corrected chi connectivity index (χ1v) is 8.43. The van der Waals surface area contributed by atoms with Crippen molar-refractivity contribution in [1.82, 2.24) is 14.9 Å². The molecule has 4 nitrogen and oxygen atoms in total. The van der Waals surface area contributed by atoms with E-state index in [0.717, 1.165) is 37.2 Å². The van der Waals surface area contributed by atoms with E-state index in [2.05, 4.69) is 20.2 Å². The zero-order valence-electron chi connectivity index (χ0n) is 13.4. The first-order valence-electron chi connectivity index (χ1n) is 8.43. The third kappa shape index (κ3) is 3.53. The van der Waals surface area contributed by atoms with Crippen LogP contribution in [0.15, 0.2) is 30.5 Å². The fraction of sp³-hybridized carbons (Fsp3) is 0.444. The summed E-state index contributed by atoms with van der Waals surface area (Å²) in [5.74, 6) is 1.33. The molecule has 1 unspecified atom stereocenters. The smallest absolute Gasteiger partial charge is 0.133 e. The number of likely N-dealkylation sites (tertiary alicyclic amines) is 1. The molecular weight excluding hydrogens is 310 g/mol. The zero-order valence-corrected chi connectivity index (χ0v) is 13.4. The highest BCUT2D eigenvalue weighted by atomic mass is 19.1. The third-order valence-electron chi connectivity index (χ3n) is 4.65. The Bertz CT molecular complexity index is 733. The van der Waals surface area contributed by atoms with Crippen LogP contribution in [0.3, 0.4) is 0 Å². The third-order valence-corrected chi connectivity index (χ3v) is 4.65. The van der Waals surface area contributed by atoms with Crippen LogP contribution in [-0.2, 0) is 6.54 Å². The van der Waals surface area contributed by atoms with Crippen molar-refractivity contribution in [2.24, 2.45) is 0 Å². The maximum atomic E-state index is 13.8. The van der Waals surface area contributed by atoms with E-state index in [0.29, 0.717) is 18.0 Å². The van der Waals surface area contributed by atoms with E-state index in [1.54, 1.807) is 0 Å². The van der Waals surface area contributed by atoms with Gasteiger partial charge in [0.25, 0.3) is 0 Å². The fourth-order valence-corrected chi connectivity index (χ4v) is 3.19. The predicted molar refractivity (Wildman–Crippen MR) is 87.7 cm³/mol. The van der Waals surface area contributed by atoms with E-state index in [1.165, 1.54) is 25.0 Å². The number of aromatic nitrogens is 2. The summed E-state index contributed by atoms with van der Waals surface area (Å²) in [6.07, 6.45) is 5.16. The molecule has 1 aromatic carbocycles. The number of hydrogen-bond donors (Lipinski definition) is 1. The van der Waals surface area contributed by atoms with Crippen molar-refractivity contribution in [2.75, 3.05) is 18.4 Å². The fourth-order valence-electron chi connectivity index (χ4n) is 3.19. The molecule has 2 heterocycles. The lowest BCUT2D eigenvalue weighted by molar-refractivity contribution is 0.322. The Morgan fingerprint density at radius 3 is 2.83 bits per heavy atom. The van der Waals surface area contributed by atoms with Gasteiger partial charge in [0.1, 0.15) is 23.3 Å². The number of anilines is 1. The van der Waals surface area contributed by atoms with Gasteiger partial charge in [-0.15, -0.1) is 0 Å².